The first kappa shape index (κ1) is 27.3. The number of amidine groups is 1. The smallest absolute Gasteiger partial charge is 0.372 e. The molecular weight excluding hydrogens is 476 g/mol. The van der Waals surface area contributed by atoms with E-state index in [1.165, 1.54) is 0 Å². The normalized spacial score (nSPS) is 13.5. The lowest BCUT2D eigenvalue weighted by Crippen LogP contribution is -2.40. The minimum absolute atomic E-state index is 0.0815. The predicted octanol–water partition coefficient (Wildman–Crippen LogP) is 2.46. The molecule has 1 saturated heterocycles. The molecule has 37 heavy (non-hydrogen) atoms. The lowest BCUT2D eigenvalue weighted by molar-refractivity contribution is -0.148. The van der Waals surface area contributed by atoms with E-state index in [0.29, 0.717) is 39.7 Å². The van der Waals surface area contributed by atoms with Crippen molar-refractivity contribution >= 4 is 29.2 Å². The van der Waals surface area contributed by atoms with Crippen molar-refractivity contribution < 1.29 is 29.0 Å². The number of nitrogens with two attached hydrogens (primary N) is 1. The Morgan fingerprint density at radius 3 is 2.38 bits per heavy atom. The molecule has 10 heteroatoms. The first-order chi connectivity index (χ1) is 17.6. The molecule has 1 aliphatic rings. The maximum atomic E-state index is 12.5. The fourth-order valence-corrected chi connectivity index (χ4v) is 3.90. The topological polar surface area (TPSA) is 155 Å². The number of carbonyl (C=O) groups excluding carboxylic acids is 2. The fourth-order valence-electron chi connectivity index (χ4n) is 3.90. The van der Waals surface area contributed by atoms with Crippen molar-refractivity contribution in [1.29, 1.82) is 5.41 Å². The van der Waals surface area contributed by atoms with Crippen LogP contribution in [0.3, 0.4) is 0 Å². The summed E-state index contributed by atoms with van der Waals surface area (Å²) in [7, 11) is 0. The number of piperidine rings is 1. The molecular formula is C27H32N4O6. The maximum absolute atomic E-state index is 12.5. The van der Waals surface area contributed by atoms with Crippen LogP contribution in [0, 0.1) is 5.41 Å². The highest BCUT2D eigenvalue weighted by Crippen LogP contribution is 2.24. The molecule has 0 aliphatic carbocycles. The number of hydrogen-bond acceptors (Lipinski definition) is 7. The SMILES string of the molecule is C=C(N)c1ccc(CC(=O)C(=O)O)c(OCCNC(=O)c2ccc(OC3CCN(C(C)=N)CC3)cc2)c1. The standard InChI is InChI=1S/C27H32N4O6/c1-17(28)20-3-4-21(15-24(32)27(34)35)25(16-20)36-14-11-30-26(33)19-5-7-22(8-6-19)37-23-9-12-31(13-10-23)18(2)29/h3-8,16,23,29H,1,9-15,28H2,2H3,(H,30,33)(H,34,35). The molecule has 0 bridgehead atoms. The average molecular weight is 509 g/mol. The molecule has 0 unspecified atom stereocenters. The zero-order chi connectivity index (χ0) is 26.9. The van der Waals surface area contributed by atoms with E-state index in [1.54, 1.807) is 49.4 Å². The summed E-state index contributed by atoms with van der Waals surface area (Å²) >= 11 is 0. The van der Waals surface area contributed by atoms with Gasteiger partial charge in [0.1, 0.15) is 24.2 Å². The number of rotatable bonds is 11. The maximum Gasteiger partial charge on any atom is 0.372 e. The van der Waals surface area contributed by atoms with Gasteiger partial charge in [0.15, 0.2) is 0 Å². The van der Waals surface area contributed by atoms with Crippen LogP contribution in [0.1, 0.15) is 41.3 Å². The van der Waals surface area contributed by atoms with Crippen LogP contribution in [0.15, 0.2) is 49.0 Å². The lowest BCUT2D eigenvalue weighted by Gasteiger charge is -2.32. The van der Waals surface area contributed by atoms with E-state index in [9.17, 15) is 14.4 Å². The van der Waals surface area contributed by atoms with Gasteiger partial charge in [-0.2, -0.15) is 0 Å². The molecule has 1 amide bonds. The van der Waals surface area contributed by atoms with Gasteiger partial charge in [-0.05, 0) is 37.3 Å². The predicted molar refractivity (Wildman–Crippen MR) is 139 cm³/mol. The molecule has 1 heterocycles. The Hall–Kier alpha value is -4.34. The van der Waals surface area contributed by atoms with Gasteiger partial charge in [0.2, 0.25) is 5.78 Å². The minimum atomic E-state index is -1.52. The van der Waals surface area contributed by atoms with Crippen LogP contribution in [-0.4, -0.2) is 65.8 Å². The van der Waals surface area contributed by atoms with Crippen LogP contribution in [0.5, 0.6) is 11.5 Å². The Balaban J connectivity index is 1.49. The van der Waals surface area contributed by atoms with Crippen molar-refractivity contribution in [2.24, 2.45) is 5.73 Å². The zero-order valence-corrected chi connectivity index (χ0v) is 20.8. The molecule has 0 atom stereocenters. The van der Waals surface area contributed by atoms with E-state index in [2.05, 4.69) is 11.9 Å². The molecule has 3 rings (SSSR count). The fraction of sp³-hybridized carbons (Fsp3) is 0.333. The summed E-state index contributed by atoms with van der Waals surface area (Å²) in [6.45, 7) is 7.33. The number of carboxylic acids is 1. The van der Waals surface area contributed by atoms with E-state index in [4.69, 9.17) is 25.7 Å². The third-order valence-electron chi connectivity index (χ3n) is 6.01. The second-order valence-electron chi connectivity index (χ2n) is 8.77. The Kier molecular flexibility index (Phi) is 9.26. The van der Waals surface area contributed by atoms with Gasteiger partial charge in [-0.15, -0.1) is 0 Å². The van der Waals surface area contributed by atoms with Crippen molar-refractivity contribution in [3.63, 3.8) is 0 Å². The van der Waals surface area contributed by atoms with Gasteiger partial charge in [-0.25, -0.2) is 4.79 Å². The Morgan fingerprint density at radius 2 is 1.78 bits per heavy atom. The number of nitrogens with one attached hydrogen (secondary N) is 2. The molecule has 10 nitrogen and oxygen atoms in total. The number of aliphatic carboxylic acids is 1. The summed E-state index contributed by atoms with van der Waals surface area (Å²) in [5.74, 6) is -1.20. The lowest BCUT2D eigenvalue weighted by atomic mass is 10.0. The third-order valence-corrected chi connectivity index (χ3v) is 6.01. The highest BCUT2D eigenvalue weighted by atomic mass is 16.5. The minimum Gasteiger partial charge on any atom is -0.491 e. The third kappa shape index (κ3) is 7.83. The number of carboxylic acid groups (broad SMARTS) is 1. The number of Topliss-reactive ketones (excluding diaryl/α,β-unsaturated/α-hetero) is 1. The molecule has 1 fully saturated rings. The monoisotopic (exact) mass is 508 g/mol. The van der Waals surface area contributed by atoms with Crippen LogP contribution in [0.4, 0.5) is 0 Å². The number of carbonyl (C=O) groups is 3. The van der Waals surface area contributed by atoms with Gasteiger partial charge in [0, 0.05) is 54.7 Å². The van der Waals surface area contributed by atoms with E-state index < -0.39 is 11.8 Å². The molecule has 196 valence electrons. The van der Waals surface area contributed by atoms with Gasteiger partial charge < -0.3 is 30.5 Å². The average Bonchev–Trinajstić information content (AvgIpc) is 2.87. The number of ketones is 1. The number of ether oxygens (including phenoxy) is 2. The molecule has 0 spiro atoms. The van der Waals surface area contributed by atoms with Gasteiger partial charge in [-0.1, -0.05) is 18.7 Å². The molecule has 1 aliphatic heterocycles. The van der Waals surface area contributed by atoms with Crippen molar-refractivity contribution in [2.45, 2.75) is 32.3 Å². The summed E-state index contributed by atoms with van der Waals surface area (Å²) in [5, 5.41) is 19.4. The molecule has 0 radical (unpaired) electrons. The van der Waals surface area contributed by atoms with Gasteiger partial charge in [0.05, 0.1) is 12.4 Å². The Bertz CT molecular complexity index is 1170. The number of likely N-dealkylation sites (tertiary alicyclic amines) is 1. The van der Waals surface area contributed by atoms with Crippen LogP contribution < -0.4 is 20.5 Å². The molecule has 0 saturated carbocycles. The number of hydrogen-bond donors (Lipinski definition) is 4. The van der Waals surface area contributed by atoms with E-state index in [-0.39, 0.29) is 31.6 Å². The van der Waals surface area contributed by atoms with Gasteiger partial charge in [0.25, 0.3) is 5.91 Å². The summed E-state index contributed by atoms with van der Waals surface area (Å²) in [5.41, 5.74) is 7.49. The summed E-state index contributed by atoms with van der Waals surface area (Å²) in [6.07, 6.45) is 1.43. The number of nitrogens with zero attached hydrogens (tertiary/aromatic N) is 1. The molecule has 0 aromatic heterocycles. The summed E-state index contributed by atoms with van der Waals surface area (Å²) in [4.78, 5) is 37.1. The Morgan fingerprint density at radius 1 is 1.14 bits per heavy atom. The number of amides is 1. The largest absolute Gasteiger partial charge is 0.491 e. The summed E-state index contributed by atoms with van der Waals surface area (Å²) in [6, 6.07) is 11.7. The zero-order valence-electron chi connectivity index (χ0n) is 20.8. The van der Waals surface area contributed by atoms with Gasteiger partial charge >= 0.3 is 5.97 Å². The second-order valence-corrected chi connectivity index (χ2v) is 8.77. The quantitative estimate of drug-likeness (QED) is 0.156. The second kappa shape index (κ2) is 12.6. The highest BCUT2D eigenvalue weighted by molar-refractivity contribution is 6.33. The Labute approximate surface area is 215 Å². The molecule has 2 aromatic rings. The number of benzene rings is 2. The van der Waals surface area contributed by atoms with E-state index in [1.807, 2.05) is 4.90 Å². The summed E-state index contributed by atoms with van der Waals surface area (Å²) < 4.78 is 11.7. The van der Waals surface area contributed by atoms with Crippen molar-refractivity contribution in [1.82, 2.24) is 10.2 Å². The first-order valence-electron chi connectivity index (χ1n) is 12.0. The van der Waals surface area contributed by atoms with Crippen LogP contribution in [0.25, 0.3) is 5.70 Å². The van der Waals surface area contributed by atoms with E-state index in [0.717, 1.165) is 25.9 Å². The van der Waals surface area contributed by atoms with Crippen molar-refractivity contribution in [2.75, 3.05) is 26.2 Å². The first-order valence-corrected chi connectivity index (χ1v) is 12.0. The van der Waals surface area contributed by atoms with Crippen LogP contribution >= 0.6 is 0 Å². The van der Waals surface area contributed by atoms with Gasteiger partial charge in [-0.3, -0.25) is 15.0 Å². The van der Waals surface area contributed by atoms with Crippen LogP contribution in [0.2, 0.25) is 0 Å². The molecule has 5 N–H and O–H groups in total. The van der Waals surface area contributed by atoms with Crippen molar-refractivity contribution in [3.05, 3.63) is 65.7 Å². The van der Waals surface area contributed by atoms with Crippen LogP contribution in [-0.2, 0) is 16.0 Å². The van der Waals surface area contributed by atoms with E-state index >= 15 is 0 Å². The molecule has 2 aromatic carbocycles. The highest BCUT2D eigenvalue weighted by Gasteiger charge is 2.21. The van der Waals surface area contributed by atoms with Crippen molar-refractivity contribution in [3.8, 4) is 11.5 Å².